The van der Waals surface area contributed by atoms with Crippen LogP contribution in [0.5, 0.6) is 0 Å². The first-order valence-corrected chi connectivity index (χ1v) is 7.03. The zero-order valence-electron chi connectivity index (χ0n) is 11.5. The van der Waals surface area contributed by atoms with Crippen LogP contribution in [0.3, 0.4) is 0 Å². The highest BCUT2D eigenvalue weighted by Crippen LogP contribution is 2.29. The van der Waals surface area contributed by atoms with Crippen LogP contribution < -0.4 is 0 Å². The van der Waals surface area contributed by atoms with Crippen molar-refractivity contribution in [2.45, 2.75) is 32.1 Å². The molecule has 1 unspecified atom stereocenters. The first-order valence-electron chi connectivity index (χ1n) is 7.03. The SMILES string of the molecule is Cc1ccc(C(CCCCO)c2ccccc2)cc1. The van der Waals surface area contributed by atoms with E-state index >= 15 is 0 Å². The van der Waals surface area contributed by atoms with E-state index in [4.69, 9.17) is 5.11 Å². The predicted molar refractivity (Wildman–Crippen MR) is 80.4 cm³/mol. The Balaban J connectivity index is 2.21. The third kappa shape index (κ3) is 3.93. The Labute approximate surface area is 115 Å². The lowest BCUT2D eigenvalue weighted by Gasteiger charge is -2.18. The molecule has 2 aromatic carbocycles. The molecule has 0 amide bonds. The Bertz CT molecular complexity index is 473. The van der Waals surface area contributed by atoms with Gasteiger partial charge in [-0.25, -0.2) is 0 Å². The molecule has 19 heavy (non-hydrogen) atoms. The van der Waals surface area contributed by atoms with E-state index in [1.165, 1.54) is 16.7 Å². The molecule has 2 aromatic rings. The molecule has 0 aromatic heterocycles. The molecule has 0 heterocycles. The summed E-state index contributed by atoms with van der Waals surface area (Å²) in [6.07, 6.45) is 3.03. The van der Waals surface area contributed by atoms with Crippen molar-refractivity contribution in [3.05, 3.63) is 71.3 Å². The molecule has 1 atom stereocenters. The van der Waals surface area contributed by atoms with Gasteiger partial charge < -0.3 is 5.11 Å². The molecule has 0 saturated heterocycles. The summed E-state index contributed by atoms with van der Waals surface area (Å²) < 4.78 is 0. The van der Waals surface area contributed by atoms with Gasteiger partial charge in [0.25, 0.3) is 0 Å². The summed E-state index contributed by atoms with van der Waals surface area (Å²) in [7, 11) is 0. The molecule has 0 fully saturated rings. The van der Waals surface area contributed by atoms with E-state index < -0.39 is 0 Å². The Morgan fingerprint density at radius 3 is 2.11 bits per heavy atom. The van der Waals surface area contributed by atoms with Crippen molar-refractivity contribution < 1.29 is 5.11 Å². The molecule has 0 spiro atoms. The number of unbranched alkanes of at least 4 members (excludes halogenated alkanes) is 1. The number of benzene rings is 2. The van der Waals surface area contributed by atoms with Gasteiger partial charge in [0.15, 0.2) is 0 Å². The van der Waals surface area contributed by atoms with Crippen LogP contribution in [0.2, 0.25) is 0 Å². The minimum absolute atomic E-state index is 0.287. The van der Waals surface area contributed by atoms with Crippen LogP contribution in [-0.4, -0.2) is 11.7 Å². The number of aryl methyl sites for hydroxylation is 1. The van der Waals surface area contributed by atoms with Crippen molar-refractivity contribution in [3.63, 3.8) is 0 Å². The summed E-state index contributed by atoms with van der Waals surface area (Å²) in [5.41, 5.74) is 4.03. The Kier molecular flexibility index (Phi) is 5.17. The minimum atomic E-state index is 0.287. The van der Waals surface area contributed by atoms with Crippen molar-refractivity contribution in [1.29, 1.82) is 0 Å². The maximum absolute atomic E-state index is 8.96. The van der Waals surface area contributed by atoms with E-state index in [-0.39, 0.29) is 6.61 Å². The maximum atomic E-state index is 8.96. The molecule has 0 aliphatic heterocycles. The van der Waals surface area contributed by atoms with Crippen LogP contribution in [0.25, 0.3) is 0 Å². The highest BCUT2D eigenvalue weighted by atomic mass is 16.2. The van der Waals surface area contributed by atoms with E-state index in [0.717, 1.165) is 19.3 Å². The maximum Gasteiger partial charge on any atom is 0.0431 e. The van der Waals surface area contributed by atoms with E-state index in [9.17, 15) is 0 Å². The number of hydrogen-bond acceptors (Lipinski definition) is 1. The highest BCUT2D eigenvalue weighted by Gasteiger charge is 2.13. The van der Waals surface area contributed by atoms with Crippen LogP contribution in [0.15, 0.2) is 54.6 Å². The van der Waals surface area contributed by atoms with E-state index in [0.29, 0.717) is 5.92 Å². The molecule has 1 heteroatoms. The van der Waals surface area contributed by atoms with Gasteiger partial charge in [0.1, 0.15) is 0 Å². The lowest BCUT2D eigenvalue weighted by atomic mass is 9.87. The summed E-state index contributed by atoms with van der Waals surface area (Å²) in [6.45, 7) is 2.41. The van der Waals surface area contributed by atoms with Crippen LogP contribution in [0.1, 0.15) is 41.9 Å². The number of aliphatic hydroxyl groups excluding tert-OH is 1. The Morgan fingerprint density at radius 2 is 1.47 bits per heavy atom. The summed E-state index contributed by atoms with van der Waals surface area (Å²) >= 11 is 0. The van der Waals surface area contributed by atoms with E-state index in [1.807, 2.05) is 0 Å². The molecular formula is C18H22O. The number of hydrogen-bond donors (Lipinski definition) is 1. The molecule has 100 valence electrons. The summed E-state index contributed by atoms with van der Waals surface area (Å²) in [6, 6.07) is 19.5. The summed E-state index contributed by atoms with van der Waals surface area (Å²) in [5.74, 6) is 0.438. The van der Waals surface area contributed by atoms with Crippen molar-refractivity contribution in [3.8, 4) is 0 Å². The quantitative estimate of drug-likeness (QED) is 0.762. The first-order chi connectivity index (χ1) is 9.31. The second-order valence-corrected chi connectivity index (χ2v) is 5.09. The molecule has 0 aliphatic carbocycles. The molecular weight excluding hydrogens is 232 g/mol. The van der Waals surface area contributed by atoms with Crippen molar-refractivity contribution in [2.24, 2.45) is 0 Å². The first kappa shape index (κ1) is 13.8. The van der Waals surface area contributed by atoms with Crippen LogP contribution in [0.4, 0.5) is 0 Å². The molecule has 0 saturated carbocycles. The molecule has 2 rings (SSSR count). The molecule has 1 nitrogen and oxygen atoms in total. The van der Waals surface area contributed by atoms with Gasteiger partial charge in [-0.05, 0) is 30.9 Å². The van der Waals surface area contributed by atoms with Gasteiger partial charge >= 0.3 is 0 Å². The fraction of sp³-hybridized carbons (Fsp3) is 0.333. The van der Waals surface area contributed by atoms with Crippen LogP contribution >= 0.6 is 0 Å². The average Bonchev–Trinajstić information content (AvgIpc) is 2.46. The smallest absolute Gasteiger partial charge is 0.0431 e. The van der Waals surface area contributed by atoms with Gasteiger partial charge in [0.05, 0.1) is 0 Å². The van der Waals surface area contributed by atoms with E-state index in [2.05, 4.69) is 61.5 Å². The van der Waals surface area contributed by atoms with Gasteiger partial charge in [-0.2, -0.15) is 0 Å². The second-order valence-electron chi connectivity index (χ2n) is 5.09. The molecule has 0 radical (unpaired) electrons. The fourth-order valence-corrected chi connectivity index (χ4v) is 2.47. The van der Waals surface area contributed by atoms with Crippen LogP contribution in [0, 0.1) is 6.92 Å². The van der Waals surface area contributed by atoms with Gasteiger partial charge in [-0.15, -0.1) is 0 Å². The van der Waals surface area contributed by atoms with Gasteiger partial charge in [0, 0.05) is 12.5 Å². The van der Waals surface area contributed by atoms with Crippen LogP contribution in [-0.2, 0) is 0 Å². The zero-order valence-corrected chi connectivity index (χ0v) is 11.5. The average molecular weight is 254 g/mol. The standard InChI is InChI=1S/C18H22O/c1-15-10-12-17(13-11-15)18(9-5-6-14-19)16-7-3-2-4-8-16/h2-4,7-8,10-13,18-19H,5-6,9,14H2,1H3. The van der Waals surface area contributed by atoms with Crippen molar-refractivity contribution >= 4 is 0 Å². The molecule has 0 bridgehead atoms. The lowest BCUT2D eigenvalue weighted by molar-refractivity contribution is 0.282. The molecule has 0 aliphatic rings. The molecule has 1 N–H and O–H groups in total. The fourth-order valence-electron chi connectivity index (χ4n) is 2.47. The van der Waals surface area contributed by atoms with Crippen molar-refractivity contribution in [1.82, 2.24) is 0 Å². The van der Waals surface area contributed by atoms with Gasteiger partial charge in [-0.3, -0.25) is 0 Å². The monoisotopic (exact) mass is 254 g/mol. The zero-order chi connectivity index (χ0) is 13.5. The normalized spacial score (nSPS) is 12.3. The topological polar surface area (TPSA) is 20.2 Å². The largest absolute Gasteiger partial charge is 0.396 e. The van der Waals surface area contributed by atoms with Gasteiger partial charge in [0.2, 0.25) is 0 Å². The second kappa shape index (κ2) is 7.10. The summed E-state index contributed by atoms with van der Waals surface area (Å²) in [4.78, 5) is 0. The Morgan fingerprint density at radius 1 is 0.842 bits per heavy atom. The highest BCUT2D eigenvalue weighted by molar-refractivity contribution is 5.33. The van der Waals surface area contributed by atoms with E-state index in [1.54, 1.807) is 0 Å². The lowest BCUT2D eigenvalue weighted by Crippen LogP contribution is -2.02. The third-order valence-corrected chi connectivity index (χ3v) is 3.58. The van der Waals surface area contributed by atoms with Gasteiger partial charge in [-0.1, -0.05) is 66.6 Å². The minimum Gasteiger partial charge on any atom is -0.396 e. The third-order valence-electron chi connectivity index (χ3n) is 3.58. The Hall–Kier alpha value is -1.60. The predicted octanol–water partition coefficient (Wildman–Crippen LogP) is 4.29. The van der Waals surface area contributed by atoms with Crippen molar-refractivity contribution in [2.75, 3.05) is 6.61 Å². The number of aliphatic hydroxyl groups is 1. The number of rotatable bonds is 6. The summed E-state index contributed by atoms with van der Waals surface area (Å²) in [5, 5.41) is 8.96.